The number of aromatic nitrogens is 2. The van der Waals surface area contributed by atoms with Gasteiger partial charge in [-0.05, 0) is 43.2 Å². The Kier molecular flexibility index (Phi) is 7.93. The standard InChI is InChI=1S/C31H35N5O3/c1-4-27(34-18-19-35(22(2)20-34)31(38)33-26-16-10-11-17-28(26)39-3)29-32-25-15-9-8-14-24(25)30(37)36(29)21-23-12-6-5-7-13-23/h5-17,22,27H,4,18-21H2,1-3H3,(H,33,38). The van der Waals surface area contributed by atoms with E-state index >= 15 is 0 Å². The van der Waals surface area contributed by atoms with Gasteiger partial charge in [0.05, 0.1) is 36.3 Å². The van der Waals surface area contributed by atoms with Crippen LogP contribution in [-0.4, -0.2) is 58.2 Å². The maximum atomic E-state index is 13.7. The topological polar surface area (TPSA) is 79.7 Å². The van der Waals surface area contributed by atoms with Crippen LogP contribution in [0.4, 0.5) is 10.5 Å². The summed E-state index contributed by atoms with van der Waals surface area (Å²) in [5.41, 5.74) is 2.39. The molecule has 8 heteroatoms. The molecule has 1 aliphatic rings. The molecule has 0 spiro atoms. The molecule has 8 nitrogen and oxygen atoms in total. The van der Waals surface area contributed by atoms with Gasteiger partial charge >= 0.3 is 6.03 Å². The SMILES string of the molecule is CCC(c1nc2ccccc2c(=O)n1Cc1ccccc1)N1CCN(C(=O)Nc2ccccc2OC)C(C)C1. The second-order valence-electron chi connectivity index (χ2n) is 9.96. The summed E-state index contributed by atoms with van der Waals surface area (Å²) in [6, 6.07) is 24.7. The minimum Gasteiger partial charge on any atom is -0.495 e. The van der Waals surface area contributed by atoms with Gasteiger partial charge in [-0.1, -0.05) is 61.5 Å². The lowest BCUT2D eigenvalue weighted by molar-refractivity contribution is 0.0719. The molecule has 0 radical (unpaired) electrons. The van der Waals surface area contributed by atoms with E-state index in [9.17, 15) is 9.59 Å². The van der Waals surface area contributed by atoms with Crippen LogP contribution in [0.5, 0.6) is 5.75 Å². The lowest BCUT2D eigenvalue weighted by Gasteiger charge is -2.43. The smallest absolute Gasteiger partial charge is 0.322 e. The Labute approximate surface area is 228 Å². The number of amides is 2. The Morgan fingerprint density at radius 2 is 1.74 bits per heavy atom. The number of rotatable bonds is 7. The summed E-state index contributed by atoms with van der Waals surface area (Å²) in [6.07, 6.45) is 0.791. The summed E-state index contributed by atoms with van der Waals surface area (Å²) in [7, 11) is 1.59. The van der Waals surface area contributed by atoms with Crippen LogP contribution < -0.4 is 15.6 Å². The summed E-state index contributed by atoms with van der Waals surface area (Å²) in [5.74, 6) is 1.39. The summed E-state index contributed by atoms with van der Waals surface area (Å²) < 4.78 is 7.22. The average molecular weight is 526 g/mol. The van der Waals surface area contributed by atoms with Crippen molar-refractivity contribution < 1.29 is 9.53 Å². The number of para-hydroxylation sites is 3. The van der Waals surface area contributed by atoms with E-state index in [1.807, 2.05) is 88.3 Å². The molecule has 39 heavy (non-hydrogen) atoms. The lowest BCUT2D eigenvalue weighted by Crippen LogP contribution is -2.56. The molecule has 4 aromatic rings. The zero-order chi connectivity index (χ0) is 27.4. The van der Waals surface area contributed by atoms with Crippen LogP contribution in [0, 0.1) is 0 Å². The largest absolute Gasteiger partial charge is 0.495 e. The van der Waals surface area contributed by atoms with E-state index in [1.165, 1.54) is 0 Å². The number of nitrogens with one attached hydrogen (secondary N) is 1. The highest BCUT2D eigenvalue weighted by atomic mass is 16.5. The van der Waals surface area contributed by atoms with E-state index in [0.29, 0.717) is 48.5 Å². The first kappa shape index (κ1) is 26.4. The summed E-state index contributed by atoms with van der Waals surface area (Å²) in [6.45, 7) is 6.56. The fourth-order valence-corrected chi connectivity index (χ4v) is 5.47. The predicted molar refractivity (Wildman–Crippen MR) is 154 cm³/mol. The summed E-state index contributed by atoms with van der Waals surface area (Å²) >= 11 is 0. The van der Waals surface area contributed by atoms with Crippen molar-refractivity contribution in [2.24, 2.45) is 0 Å². The molecular formula is C31H35N5O3. The van der Waals surface area contributed by atoms with Crippen molar-refractivity contribution >= 4 is 22.6 Å². The van der Waals surface area contributed by atoms with E-state index in [0.717, 1.165) is 17.8 Å². The number of benzene rings is 3. The third-order valence-corrected chi connectivity index (χ3v) is 7.47. The van der Waals surface area contributed by atoms with Gasteiger partial charge in [-0.3, -0.25) is 14.3 Å². The van der Waals surface area contributed by atoms with E-state index in [-0.39, 0.29) is 23.7 Å². The highest BCUT2D eigenvalue weighted by Crippen LogP contribution is 2.28. The minimum absolute atomic E-state index is 0.0271. The fraction of sp³-hybridized carbons (Fsp3) is 0.323. The second-order valence-corrected chi connectivity index (χ2v) is 9.96. The van der Waals surface area contributed by atoms with Crippen LogP contribution in [0.1, 0.15) is 37.7 Å². The van der Waals surface area contributed by atoms with E-state index in [1.54, 1.807) is 7.11 Å². The first-order chi connectivity index (χ1) is 19.0. The summed E-state index contributed by atoms with van der Waals surface area (Å²) in [5, 5.41) is 3.62. The van der Waals surface area contributed by atoms with Crippen LogP contribution in [0.2, 0.25) is 0 Å². The van der Waals surface area contributed by atoms with Gasteiger partial charge in [0.1, 0.15) is 11.6 Å². The van der Waals surface area contributed by atoms with Crippen molar-refractivity contribution in [1.29, 1.82) is 0 Å². The Morgan fingerprint density at radius 1 is 1.03 bits per heavy atom. The Morgan fingerprint density at radius 3 is 2.49 bits per heavy atom. The van der Waals surface area contributed by atoms with Crippen molar-refractivity contribution in [1.82, 2.24) is 19.4 Å². The number of hydrogen-bond donors (Lipinski definition) is 1. The minimum atomic E-state index is -0.149. The number of hydrogen-bond acceptors (Lipinski definition) is 5. The van der Waals surface area contributed by atoms with Crippen molar-refractivity contribution in [3.63, 3.8) is 0 Å². The van der Waals surface area contributed by atoms with Crippen LogP contribution in [0.25, 0.3) is 10.9 Å². The monoisotopic (exact) mass is 525 g/mol. The van der Waals surface area contributed by atoms with Gasteiger partial charge in [-0.15, -0.1) is 0 Å². The maximum Gasteiger partial charge on any atom is 0.322 e. The number of carbonyl (C=O) groups excluding carboxylic acids is 1. The number of anilines is 1. The highest BCUT2D eigenvalue weighted by Gasteiger charge is 2.33. The molecule has 2 unspecified atom stereocenters. The van der Waals surface area contributed by atoms with Crippen molar-refractivity contribution in [2.45, 2.75) is 38.9 Å². The number of fused-ring (bicyclic) bond motifs is 1. The molecule has 2 atom stereocenters. The summed E-state index contributed by atoms with van der Waals surface area (Å²) in [4.78, 5) is 36.2. The molecular weight excluding hydrogens is 490 g/mol. The molecule has 2 heterocycles. The Hall–Kier alpha value is -4.17. The lowest BCUT2D eigenvalue weighted by atomic mass is 10.1. The van der Waals surface area contributed by atoms with Crippen molar-refractivity contribution in [3.8, 4) is 5.75 Å². The Bertz CT molecular complexity index is 1500. The van der Waals surface area contributed by atoms with Gasteiger partial charge in [0.15, 0.2) is 0 Å². The number of nitrogens with zero attached hydrogens (tertiary/aromatic N) is 4. The molecule has 0 aliphatic carbocycles. The van der Waals surface area contributed by atoms with Crippen LogP contribution in [0.3, 0.4) is 0 Å². The quantitative estimate of drug-likeness (QED) is 0.361. The molecule has 1 fully saturated rings. The number of urea groups is 1. The number of carbonyl (C=O) groups is 1. The Balaban J connectivity index is 1.41. The van der Waals surface area contributed by atoms with Crippen LogP contribution in [-0.2, 0) is 6.54 Å². The number of methoxy groups -OCH3 is 1. The zero-order valence-corrected chi connectivity index (χ0v) is 22.7. The van der Waals surface area contributed by atoms with Gasteiger partial charge in [0.25, 0.3) is 5.56 Å². The average Bonchev–Trinajstić information content (AvgIpc) is 2.96. The van der Waals surface area contributed by atoms with Crippen molar-refractivity contribution in [3.05, 3.63) is 101 Å². The zero-order valence-electron chi connectivity index (χ0n) is 22.7. The van der Waals surface area contributed by atoms with Gasteiger partial charge < -0.3 is 15.0 Å². The molecule has 202 valence electrons. The first-order valence-electron chi connectivity index (χ1n) is 13.5. The molecule has 1 N–H and O–H groups in total. The van der Waals surface area contributed by atoms with Crippen LogP contribution in [0.15, 0.2) is 83.7 Å². The van der Waals surface area contributed by atoms with Gasteiger partial charge in [0.2, 0.25) is 0 Å². The molecule has 1 saturated heterocycles. The second kappa shape index (κ2) is 11.7. The van der Waals surface area contributed by atoms with Crippen LogP contribution >= 0.6 is 0 Å². The van der Waals surface area contributed by atoms with E-state index in [4.69, 9.17) is 9.72 Å². The third kappa shape index (κ3) is 5.52. The molecule has 1 aliphatic heterocycles. The molecule has 0 saturated carbocycles. The van der Waals surface area contributed by atoms with E-state index < -0.39 is 0 Å². The van der Waals surface area contributed by atoms with Gasteiger partial charge in [-0.2, -0.15) is 0 Å². The maximum absolute atomic E-state index is 13.7. The van der Waals surface area contributed by atoms with Crippen molar-refractivity contribution in [2.75, 3.05) is 32.1 Å². The number of piperazine rings is 1. The first-order valence-corrected chi connectivity index (χ1v) is 13.5. The van der Waals surface area contributed by atoms with Gasteiger partial charge in [-0.25, -0.2) is 9.78 Å². The third-order valence-electron chi connectivity index (χ3n) is 7.47. The normalized spacial score (nSPS) is 16.7. The molecule has 2 amide bonds. The molecule has 0 bridgehead atoms. The molecule has 5 rings (SSSR count). The fourth-order valence-electron chi connectivity index (χ4n) is 5.47. The predicted octanol–water partition coefficient (Wildman–Crippen LogP) is 5.14. The van der Waals surface area contributed by atoms with E-state index in [2.05, 4.69) is 24.1 Å². The molecule has 3 aromatic carbocycles. The number of ether oxygens (including phenoxy) is 1. The molecule has 1 aromatic heterocycles. The van der Waals surface area contributed by atoms with Gasteiger partial charge in [0, 0.05) is 25.7 Å². The highest BCUT2D eigenvalue weighted by molar-refractivity contribution is 5.91.